The summed E-state index contributed by atoms with van der Waals surface area (Å²) >= 11 is 1.15. The van der Waals surface area contributed by atoms with Crippen LogP contribution in [0.4, 0.5) is 5.69 Å². The van der Waals surface area contributed by atoms with Gasteiger partial charge in [-0.05, 0) is 24.6 Å². The number of β-lactam (4-membered cyclic amide) rings is 1. The van der Waals surface area contributed by atoms with Crippen LogP contribution >= 0.6 is 11.3 Å². The summed E-state index contributed by atoms with van der Waals surface area (Å²) in [4.78, 5) is 43.2. The zero-order valence-electron chi connectivity index (χ0n) is 20.6. The van der Waals surface area contributed by atoms with E-state index in [0.29, 0.717) is 20.8 Å². The summed E-state index contributed by atoms with van der Waals surface area (Å²) in [6.45, 7) is 4.73. The molecule has 0 aliphatic carbocycles. The Hall–Kier alpha value is -3.62. The number of benzene rings is 1. The average Bonchev–Trinajstić information content (AvgIpc) is 3.52. The minimum absolute atomic E-state index is 0.0451. The topological polar surface area (TPSA) is 161 Å². The van der Waals surface area contributed by atoms with Crippen molar-refractivity contribution in [1.82, 2.24) is 14.3 Å². The number of hydrogen-bond acceptors (Lipinski definition) is 10. The van der Waals surface area contributed by atoms with E-state index in [9.17, 15) is 33.2 Å². The van der Waals surface area contributed by atoms with Crippen molar-refractivity contribution >= 4 is 49.1 Å². The molecule has 0 spiro atoms. The normalized spacial score (nSPS) is 21.9. The third kappa shape index (κ3) is 3.99. The number of imidazole rings is 1. The second-order valence-corrected chi connectivity index (χ2v) is 12.5. The molecule has 2 aliphatic rings. The predicted octanol–water partition coefficient (Wildman–Crippen LogP) is 2.41. The Balaban J connectivity index is 1.53. The highest BCUT2D eigenvalue weighted by Crippen LogP contribution is 2.52. The number of ether oxygens (including phenoxy) is 1. The van der Waals surface area contributed by atoms with Crippen molar-refractivity contribution < 1.29 is 32.8 Å². The lowest BCUT2D eigenvalue weighted by Crippen LogP contribution is -2.63. The Bertz CT molecular complexity index is 1600. The molecule has 1 saturated heterocycles. The molecule has 14 heteroatoms. The maximum Gasteiger partial charge on any atom is 0.355 e. The van der Waals surface area contributed by atoms with Crippen LogP contribution in [0.15, 0.2) is 47.5 Å². The largest absolute Gasteiger partial charge is 0.456 e. The van der Waals surface area contributed by atoms with E-state index in [1.165, 1.54) is 49.3 Å². The number of aliphatic hydroxyl groups excluding tert-OH is 1. The number of nitro benzene ring substituents is 1. The zero-order chi connectivity index (χ0) is 27.5. The molecule has 2 aromatic heterocycles. The van der Waals surface area contributed by atoms with Crippen molar-refractivity contribution in [2.75, 3.05) is 5.75 Å². The quantitative estimate of drug-likeness (QED) is 0.189. The number of amides is 1. The number of thiazole rings is 1. The molecular formula is C24H24N4O8S2. The summed E-state index contributed by atoms with van der Waals surface area (Å²) in [5, 5.41) is 21.1. The van der Waals surface area contributed by atoms with Gasteiger partial charge in [0.25, 0.3) is 5.69 Å². The predicted molar refractivity (Wildman–Crippen MR) is 136 cm³/mol. The highest BCUT2D eigenvalue weighted by atomic mass is 32.2. The van der Waals surface area contributed by atoms with Crippen molar-refractivity contribution in [2.45, 2.75) is 44.5 Å². The highest BCUT2D eigenvalue weighted by molar-refractivity contribution is 7.91. The van der Waals surface area contributed by atoms with Gasteiger partial charge in [-0.1, -0.05) is 13.8 Å². The van der Waals surface area contributed by atoms with E-state index in [-0.39, 0.29) is 34.7 Å². The third-order valence-electron chi connectivity index (χ3n) is 7.00. The molecule has 12 nitrogen and oxygen atoms in total. The Kier molecular flexibility index (Phi) is 6.36. The van der Waals surface area contributed by atoms with Gasteiger partial charge in [0, 0.05) is 29.8 Å². The first-order chi connectivity index (χ1) is 18.0. The molecule has 1 N–H and O–H groups in total. The van der Waals surface area contributed by atoms with Crippen molar-refractivity contribution in [1.29, 1.82) is 0 Å². The van der Waals surface area contributed by atoms with Crippen LogP contribution in [0.25, 0.3) is 10.4 Å². The Labute approximate surface area is 221 Å². The van der Waals surface area contributed by atoms with E-state index in [1.807, 2.05) is 6.92 Å². The van der Waals surface area contributed by atoms with Crippen LogP contribution in [0.5, 0.6) is 0 Å². The molecule has 0 radical (unpaired) electrons. The molecule has 1 fully saturated rings. The molecule has 0 bridgehead atoms. The van der Waals surface area contributed by atoms with Crippen molar-refractivity contribution in [2.24, 2.45) is 11.8 Å². The van der Waals surface area contributed by atoms with E-state index < -0.39 is 44.7 Å². The standard InChI is InChI=1S/C24H24N4O8S2/c1-4-38(34,35)21-23-26(11-25-21)9-16(37-23)17-12(2)19-18(13(3)29)22(30)27(19)20(17)24(31)36-10-14-5-7-15(8-6-14)28(32)33/h5-9,11-13,18-19,29H,4,10H2,1-3H3/t12-,13+,18+,19+/m0/s1. The first-order valence-corrected chi connectivity index (χ1v) is 14.3. The van der Waals surface area contributed by atoms with Gasteiger partial charge in [0.15, 0.2) is 14.9 Å². The fourth-order valence-electron chi connectivity index (χ4n) is 5.07. The van der Waals surface area contributed by atoms with Gasteiger partial charge in [-0.15, -0.1) is 11.3 Å². The molecule has 200 valence electrons. The number of carbonyl (C=O) groups excluding carboxylic acids is 2. The van der Waals surface area contributed by atoms with Gasteiger partial charge >= 0.3 is 5.97 Å². The molecule has 5 rings (SSSR count). The maximum absolute atomic E-state index is 13.4. The minimum atomic E-state index is -3.59. The Morgan fingerprint density at radius 3 is 2.61 bits per heavy atom. The molecule has 4 atom stereocenters. The molecule has 0 saturated carbocycles. The summed E-state index contributed by atoms with van der Waals surface area (Å²) in [6.07, 6.45) is 2.14. The van der Waals surface area contributed by atoms with E-state index in [2.05, 4.69) is 4.98 Å². The van der Waals surface area contributed by atoms with Crippen LogP contribution < -0.4 is 0 Å². The number of sulfone groups is 1. The van der Waals surface area contributed by atoms with Gasteiger partial charge in [0.05, 0.1) is 33.6 Å². The summed E-state index contributed by atoms with van der Waals surface area (Å²) in [6, 6.07) is 5.10. The molecule has 38 heavy (non-hydrogen) atoms. The minimum Gasteiger partial charge on any atom is -0.456 e. The summed E-state index contributed by atoms with van der Waals surface area (Å²) in [5.41, 5.74) is 0.995. The van der Waals surface area contributed by atoms with Crippen LogP contribution in [-0.2, 0) is 30.8 Å². The van der Waals surface area contributed by atoms with Crippen molar-refractivity contribution in [3.05, 3.63) is 63.0 Å². The van der Waals surface area contributed by atoms with Gasteiger partial charge in [-0.25, -0.2) is 18.2 Å². The summed E-state index contributed by atoms with van der Waals surface area (Å²) in [7, 11) is -3.59. The first kappa shape index (κ1) is 26.0. The van der Waals surface area contributed by atoms with Gasteiger partial charge in [0.2, 0.25) is 5.91 Å². The van der Waals surface area contributed by atoms with Crippen LogP contribution in [-0.4, -0.2) is 62.5 Å². The highest BCUT2D eigenvalue weighted by Gasteiger charge is 2.60. The fourth-order valence-corrected chi connectivity index (χ4v) is 7.54. The van der Waals surface area contributed by atoms with E-state index in [1.54, 1.807) is 10.6 Å². The number of aliphatic hydroxyl groups is 1. The Morgan fingerprint density at radius 1 is 1.32 bits per heavy atom. The molecule has 1 aromatic carbocycles. The first-order valence-electron chi connectivity index (χ1n) is 11.8. The van der Waals surface area contributed by atoms with Crippen LogP contribution in [0.2, 0.25) is 0 Å². The lowest BCUT2D eigenvalue weighted by atomic mass is 9.77. The molecule has 1 amide bonds. The Morgan fingerprint density at radius 2 is 2.00 bits per heavy atom. The number of rotatable bonds is 8. The number of nitro groups is 1. The molecule has 2 aliphatic heterocycles. The van der Waals surface area contributed by atoms with Crippen molar-refractivity contribution in [3.63, 3.8) is 0 Å². The van der Waals surface area contributed by atoms with E-state index >= 15 is 0 Å². The number of fused-ring (bicyclic) bond motifs is 2. The van der Waals surface area contributed by atoms with Crippen LogP contribution in [0.1, 0.15) is 31.2 Å². The molecule has 3 aromatic rings. The molecule has 0 unspecified atom stereocenters. The lowest BCUT2D eigenvalue weighted by molar-refractivity contribution is -0.384. The molecular weight excluding hydrogens is 536 g/mol. The second-order valence-electron chi connectivity index (χ2n) is 9.28. The number of nitrogens with zero attached hydrogens (tertiary/aromatic N) is 4. The summed E-state index contributed by atoms with van der Waals surface area (Å²) < 4.78 is 32.1. The fraction of sp³-hybridized carbons (Fsp3) is 0.375. The SMILES string of the molecule is CCS(=O)(=O)c1ncn2cc(C3=C(C(=O)OCc4ccc([N+](=O)[O-])cc4)N4C(=O)[C@H]([C@@H](C)O)[C@H]4[C@H]3C)sc12. The number of non-ortho nitro benzene ring substituents is 1. The van der Waals surface area contributed by atoms with Crippen LogP contribution in [0.3, 0.4) is 0 Å². The second kappa shape index (κ2) is 9.29. The molecule has 4 heterocycles. The average molecular weight is 561 g/mol. The van der Waals surface area contributed by atoms with E-state index in [0.717, 1.165) is 11.3 Å². The van der Waals surface area contributed by atoms with Gasteiger partial charge < -0.3 is 14.7 Å². The van der Waals surface area contributed by atoms with Gasteiger partial charge in [-0.2, -0.15) is 0 Å². The van der Waals surface area contributed by atoms with Gasteiger partial charge in [-0.3, -0.25) is 19.3 Å². The zero-order valence-corrected chi connectivity index (χ0v) is 22.2. The van der Waals surface area contributed by atoms with Crippen LogP contribution in [0, 0.1) is 22.0 Å². The van der Waals surface area contributed by atoms with Crippen molar-refractivity contribution in [3.8, 4) is 0 Å². The maximum atomic E-state index is 13.4. The third-order valence-corrected chi connectivity index (χ3v) is 9.92. The summed E-state index contributed by atoms with van der Waals surface area (Å²) in [5.74, 6) is -2.32. The number of aromatic nitrogens is 2. The van der Waals surface area contributed by atoms with E-state index in [4.69, 9.17) is 4.74 Å². The number of hydrogen-bond donors (Lipinski definition) is 1. The number of carbonyl (C=O) groups is 2. The monoisotopic (exact) mass is 560 g/mol. The smallest absolute Gasteiger partial charge is 0.355 e. The number of esters is 1. The lowest BCUT2D eigenvalue weighted by Gasteiger charge is -2.46. The van der Waals surface area contributed by atoms with Gasteiger partial charge in [0.1, 0.15) is 23.5 Å².